The minimum Gasteiger partial charge on any atom is -0.497 e. The number of anilines is 1. The summed E-state index contributed by atoms with van der Waals surface area (Å²) < 4.78 is 10.6. The van der Waals surface area contributed by atoms with Crippen molar-refractivity contribution in [1.29, 1.82) is 0 Å². The molecule has 0 aliphatic carbocycles. The van der Waals surface area contributed by atoms with E-state index in [0.29, 0.717) is 16.3 Å². The van der Waals surface area contributed by atoms with Crippen molar-refractivity contribution >= 4 is 44.1 Å². The maximum atomic E-state index is 12.8. The molecule has 2 aromatic carbocycles. The summed E-state index contributed by atoms with van der Waals surface area (Å²) >= 11 is 1.37. The zero-order valence-corrected chi connectivity index (χ0v) is 16.0. The van der Waals surface area contributed by atoms with E-state index in [1.54, 1.807) is 14.2 Å². The van der Waals surface area contributed by atoms with Crippen LogP contribution in [0.4, 0.5) is 5.69 Å². The van der Waals surface area contributed by atoms with Gasteiger partial charge in [-0.2, -0.15) is 0 Å². The van der Waals surface area contributed by atoms with Crippen molar-refractivity contribution in [1.82, 2.24) is 4.98 Å². The first-order valence-corrected chi connectivity index (χ1v) is 9.23. The van der Waals surface area contributed by atoms with Gasteiger partial charge in [-0.3, -0.25) is 4.79 Å². The second-order valence-corrected chi connectivity index (χ2v) is 7.24. The lowest BCUT2D eigenvalue weighted by atomic mass is 10.2. The molecule has 0 saturated heterocycles. The molecule has 0 aliphatic heterocycles. The first kappa shape index (κ1) is 17.3. The van der Waals surface area contributed by atoms with Crippen molar-refractivity contribution in [3.63, 3.8) is 0 Å². The summed E-state index contributed by atoms with van der Waals surface area (Å²) in [7, 11) is 3.22. The predicted octanol–water partition coefficient (Wildman–Crippen LogP) is 5.03. The number of aryl methyl sites for hydroxylation is 1. The van der Waals surface area contributed by atoms with Crippen LogP contribution in [0.3, 0.4) is 0 Å². The zero-order chi connectivity index (χ0) is 19.0. The highest BCUT2D eigenvalue weighted by Gasteiger charge is 2.14. The fourth-order valence-corrected chi connectivity index (χ4v) is 3.87. The SMILES string of the molecule is COc1ccc2cc3cc(C(=O)Nc4cc(C)ccc4OC)sc3nc2c1. The highest BCUT2D eigenvalue weighted by Crippen LogP contribution is 2.31. The summed E-state index contributed by atoms with van der Waals surface area (Å²) in [6.45, 7) is 1.97. The Balaban J connectivity index is 1.70. The topological polar surface area (TPSA) is 60.5 Å². The average molecular weight is 378 g/mol. The summed E-state index contributed by atoms with van der Waals surface area (Å²) in [6, 6.07) is 15.4. The van der Waals surface area contributed by atoms with Gasteiger partial charge in [0, 0.05) is 16.8 Å². The Labute approximate surface area is 160 Å². The molecule has 0 aliphatic rings. The van der Waals surface area contributed by atoms with E-state index in [1.807, 2.05) is 55.5 Å². The largest absolute Gasteiger partial charge is 0.497 e. The minimum atomic E-state index is -0.177. The van der Waals surface area contributed by atoms with Crippen LogP contribution in [0.25, 0.3) is 21.1 Å². The van der Waals surface area contributed by atoms with Crippen molar-refractivity contribution < 1.29 is 14.3 Å². The lowest BCUT2D eigenvalue weighted by molar-refractivity contribution is 0.103. The molecule has 136 valence electrons. The Morgan fingerprint density at radius 3 is 2.63 bits per heavy atom. The number of carbonyl (C=O) groups excluding carboxylic acids is 1. The summed E-state index contributed by atoms with van der Waals surface area (Å²) in [6.07, 6.45) is 0. The molecule has 0 saturated carbocycles. The van der Waals surface area contributed by atoms with Crippen LogP contribution in [0.5, 0.6) is 11.5 Å². The van der Waals surface area contributed by atoms with Gasteiger partial charge in [-0.15, -0.1) is 11.3 Å². The molecule has 6 heteroatoms. The third-order valence-corrected chi connectivity index (χ3v) is 5.38. The predicted molar refractivity (Wildman–Crippen MR) is 109 cm³/mol. The van der Waals surface area contributed by atoms with E-state index in [0.717, 1.165) is 32.4 Å². The zero-order valence-electron chi connectivity index (χ0n) is 15.2. The molecule has 27 heavy (non-hydrogen) atoms. The van der Waals surface area contributed by atoms with E-state index in [4.69, 9.17) is 9.47 Å². The molecule has 0 atom stereocenters. The number of nitrogens with zero attached hydrogens (tertiary/aromatic N) is 1. The lowest BCUT2D eigenvalue weighted by Gasteiger charge is -2.10. The van der Waals surface area contributed by atoms with Crippen LogP contribution in [-0.2, 0) is 0 Å². The fraction of sp³-hybridized carbons (Fsp3) is 0.143. The number of ether oxygens (including phenoxy) is 2. The number of rotatable bonds is 4. The van der Waals surface area contributed by atoms with Gasteiger partial charge >= 0.3 is 0 Å². The van der Waals surface area contributed by atoms with Gasteiger partial charge in [-0.1, -0.05) is 6.07 Å². The van der Waals surface area contributed by atoms with Gasteiger partial charge in [-0.25, -0.2) is 4.98 Å². The molecule has 5 nitrogen and oxygen atoms in total. The van der Waals surface area contributed by atoms with E-state index in [1.165, 1.54) is 11.3 Å². The van der Waals surface area contributed by atoms with E-state index in [9.17, 15) is 4.79 Å². The van der Waals surface area contributed by atoms with Crippen LogP contribution < -0.4 is 14.8 Å². The molecular formula is C21H18N2O3S. The highest BCUT2D eigenvalue weighted by molar-refractivity contribution is 7.20. The summed E-state index contributed by atoms with van der Waals surface area (Å²) in [5.74, 6) is 1.21. The monoisotopic (exact) mass is 378 g/mol. The second-order valence-electron chi connectivity index (χ2n) is 6.21. The van der Waals surface area contributed by atoms with Crippen LogP contribution in [-0.4, -0.2) is 25.1 Å². The van der Waals surface area contributed by atoms with Crippen LogP contribution in [0.2, 0.25) is 0 Å². The number of aromatic nitrogens is 1. The van der Waals surface area contributed by atoms with Crippen LogP contribution in [0.15, 0.2) is 48.5 Å². The standard InChI is InChI=1S/C21H18N2O3S/c1-12-4-7-18(26-3)17(8-12)22-20(24)19-10-14-9-13-5-6-15(25-2)11-16(13)23-21(14)27-19/h4-11H,1-3H3,(H,22,24). The summed E-state index contributed by atoms with van der Waals surface area (Å²) in [4.78, 5) is 18.8. The van der Waals surface area contributed by atoms with Gasteiger partial charge in [0.25, 0.3) is 5.91 Å². The molecule has 4 rings (SSSR count). The number of fused-ring (bicyclic) bond motifs is 2. The van der Waals surface area contributed by atoms with Gasteiger partial charge in [0.1, 0.15) is 16.3 Å². The molecule has 0 radical (unpaired) electrons. The van der Waals surface area contributed by atoms with Gasteiger partial charge < -0.3 is 14.8 Å². The molecule has 1 N–H and O–H groups in total. The fourth-order valence-electron chi connectivity index (χ4n) is 2.95. The normalized spacial score (nSPS) is 10.9. The van der Waals surface area contributed by atoms with E-state index >= 15 is 0 Å². The average Bonchev–Trinajstić information content (AvgIpc) is 3.09. The van der Waals surface area contributed by atoms with Gasteiger partial charge in [0.2, 0.25) is 0 Å². The summed E-state index contributed by atoms with van der Waals surface area (Å²) in [5.41, 5.74) is 2.54. The Morgan fingerprint density at radius 2 is 1.85 bits per heavy atom. The number of methoxy groups -OCH3 is 2. The Kier molecular flexibility index (Phi) is 4.41. The molecule has 2 aromatic heterocycles. The molecule has 4 aromatic rings. The number of amides is 1. The van der Waals surface area contributed by atoms with Gasteiger partial charge in [0.05, 0.1) is 30.3 Å². The third-order valence-electron chi connectivity index (χ3n) is 4.34. The number of benzene rings is 2. The Hall–Kier alpha value is -3.12. The molecule has 0 unspecified atom stereocenters. The Morgan fingerprint density at radius 1 is 1.00 bits per heavy atom. The lowest BCUT2D eigenvalue weighted by Crippen LogP contribution is -2.11. The van der Waals surface area contributed by atoms with Crippen molar-refractivity contribution in [3.05, 3.63) is 59.0 Å². The summed E-state index contributed by atoms with van der Waals surface area (Å²) in [5, 5.41) is 4.89. The molecular weight excluding hydrogens is 360 g/mol. The maximum Gasteiger partial charge on any atom is 0.265 e. The number of carbonyl (C=O) groups is 1. The quantitative estimate of drug-likeness (QED) is 0.541. The van der Waals surface area contributed by atoms with Crippen molar-refractivity contribution in [2.45, 2.75) is 6.92 Å². The molecule has 0 fully saturated rings. The molecule has 0 spiro atoms. The molecule has 2 heterocycles. The van der Waals surface area contributed by atoms with Crippen molar-refractivity contribution in [2.75, 3.05) is 19.5 Å². The highest BCUT2D eigenvalue weighted by atomic mass is 32.1. The van der Waals surface area contributed by atoms with Gasteiger partial charge in [0.15, 0.2) is 0 Å². The number of pyridine rings is 1. The maximum absolute atomic E-state index is 12.8. The van der Waals surface area contributed by atoms with Crippen LogP contribution in [0, 0.1) is 6.92 Å². The number of nitrogens with one attached hydrogen (secondary N) is 1. The first-order valence-electron chi connectivity index (χ1n) is 8.42. The third kappa shape index (κ3) is 3.31. The van der Waals surface area contributed by atoms with E-state index in [2.05, 4.69) is 10.3 Å². The molecule has 1 amide bonds. The smallest absolute Gasteiger partial charge is 0.265 e. The van der Waals surface area contributed by atoms with E-state index < -0.39 is 0 Å². The number of hydrogen-bond acceptors (Lipinski definition) is 5. The minimum absolute atomic E-state index is 0.177. The number of thiophene rings is 1. The second kappa shape index (κ2) is 6.89. The van der Waals surface area contributed by atoms with Crippen molar-refractivity contribution in [3.8, 4) is 11.5 Å². The van der Waals surface area contributed by atoms with E-state index in [-0.39, 0.29) is 5.91 Å². The Bertz CT molecular complexity index is 1170. The van der Waals surface area contributed by atoms with Gasteiger partial charge in [-0.05, 0) is 48.9 Å². The van der Waals surface area contributed by atoms with Crippen molar-refractivity contribution in [2.24, 2.45) is 0 Å². The van der Waals surface area contributed by atoms with Crippen LogP contribution >= 0.6 is 11.3 Å². The van der Waals surface area contributed by atoms with Crippen LogP contribution in [0.1, 0.15) is 15.2 Å². The molecule has 0 bridgehead atoms. The number of hydrogen-bond donors (Lipinski definition) is 1. The first-order chi connectivity index (χ1) is 13.1.